The molecule has 1 atom stereocenters. The Hall–Kier alpha value is -2.08. The third-order valence-corrected chi connectivity index (χ3v) is 3.72. The van der Waals surface area contributed by atoms with Gasteiger partial charge in [0.05, 0.1) is 12.1 Å². The van der Waals surface area contributed by atoms with Crippen LogP contribution < -0.4 is 21.5 Å². The van der Waals surface area contributed by atoms with Crippen molar-refractivity contribution in [1.82, 2.24) is 5.32 Å². The molecule has 1 aromatic rings. The molecule has 0 aromatic heterocycles. The molecule has 1 unspecified atom stereocenters. The van der Waals surface area contributed by atoms with E-state index >= 15 is 0 Å². The Morgan fingerprint density at radius 2 is 2.19 bits per heavy atom. The first-order valence-corrected chi connectivity index (χ1v) is 6.92. The third-order valence-electron chi connectivity index (χ3n) is 3.72. The lowest BCUT2D eigenvalue weighted by molar-refractivity contribution is -0.126. The van der Waals surface area contributed by atoms with Gasteiger partial charge in [-0.25, -0.2) is 0 Å². The van der Waals surface area contributed by atoms with Gasteiger partial charge in [0.25, 0.3) is 5.91 Å². The molecular formula is C15H21N3O3. The zero-order valence-electron chi connectivity index (χ0n) is 12.3. The predicted molar refractivity (Wildman–Crippen MR) is 78.8 cm³/mol. The molecule has 6 nitrogen and oxygen atoms in total. The van der Waals surface area contributed by atoms with Gasteiger partial charge in [-0.1, -0.05) is 19.9 Å². The highest BCUT2D eigenvalue weighted by Gasteiger charge is 2.28. The number of amides is 2. The molecule has 1 aromatic carbocycles. The van der Waals surface area contributed by atoms with E-state index in [1.165, 1.54) is 0 Å². The first-order valence-electron chi connectivity index (χ1n) is 6.92. The van der Waals surface area contributed by atoms with Gasteiger partial charge in [-0.15, -0.1) is 0 Å². The van der Waals surface area contributed by atoms with E-state index < -0.39 is 11.3 Å². The van der Waals surface area contributed by atoms with Gasteiger partial charge in [-0.3, -0.25) is 9.59 Å². The smallest absolute Gasteiger partial charge is 0.255 e. The molecule has 0 bridgehead atoms. The average Bonchev–Trinajstić information content (AvgIpc) is 2.60. The van der Waals surface area contributed by atoms with E-state index in [1.807, 2.05) is 6.07 Å². The summed E-state index contributed by atoms with van der Waals surface area (Å²) < 4.78 is 5.49. The molecule has 1 heterocycles. The highest BCUT2D eigenvalue weighted by Crippen LogP contribution is 2.31. The molecule has 1 aliphatic heterocycles. The first-order chi connectivity index (χ1) is 9.81. The fourth-order valence-corrected chi connectivity index (χ4v) is 2.27. The van der Waals surface area contributed by atoms with Gasteiger partial charge >= 0.3 is 0 Å². The van der Waals surface area contributed by atoms with Crippen molar-refractivity contribution in [1.29, 1.82) is 0 Å². The number of nitrogens with two attached hydrogens (primary N) is 2. The minimum absolute atomic E-state index is 0.175. The Balaban J connectivity index is 2.25. The summed E-state index contributed by atoms with van der Waals surface area (Å²) in [7, 11) is 0. The summed E-state index contributed by atoms with van der Waals surface area (Å²) in [5.74, 6) is -0.0189. The standard InChI is InChI=1S/C15H21N3O3/c1-15(2,14(17)20)8-11(16)9-3-4-12-10(7-9)13(19)18-5-6-21-12/h3-4,7,11H,5-6,8,16H2,1-2H3,(H2,17,20)(H,18,19). The maximum Gasteiger partial charge on any atom is 0.255 e. The average molecular weight is 291 g/mol. The molecule has 0 saturated carbocycles. The number of benzene rings is 1. The maximum absolute atomic E-state index is 12.0. The molecule has 0 radical (unpaired) electrons. The Morgan fingerprint density at radius 3 is 2.86 bits per heavy atom. The minimum atomic E-state index is -0.703. The van der Waals surface area contributed by atoms with Crippen LogP contribution in [-0.4, -0.2) is 25.0 Å². The van der Waals surface area contributed by atoms with Crippen LogP contribution in [0.2, 0.25) is 0 Å². The Bertz CT molecular complexity index is 569. The lowest BCUT2D eigenvalue weighted by atomic mass is 9.83. The highest BCUT2D eigenvalue weighted by atomic mass is 16.5. The van der Waals surface area contributed by atoms with E-state index in [-0.39, 0.29) is 11.9 Å². The largest absolute Gasteiger partial charge is 0.491 e. The third kappa shape index (κ3) is 3.33. The molecule has 5 N–H and O–H groups in total. The monoisotopic (exact) mass is 291 g/mol. The van der Waals surface area contributed by atoms with Crippen molar-refractivity contribution < 1.29 is 14.3 Å². The summed E-state index contributed by atoms with van der Waals surface area (Å²) >= 11 is 0. The minimum Gasteiger partial charge on any atom is -0.491 e. The van der Waals surface area contributed by atoms with E-state index in [1.54, 1.807) is 26.0 Å². The number of ether oxygens (including phenoxy) is 1. The van der Waals surface area contributed by atoms with Gasteiger partial charge in [-0.05, 0) is 24.1 Å². The van der Waals surface area contributed by atoms with Crippen molar-refractivity contribution in [2.75, 3.05) is 13.2 Å². The normalized spacial score (nSPS) is 16.2. The van der Waals surface area contributed by atoms with Crippen LogP contribution in [0.4, 0.5) is 0 Å². The second-order valence-electron chi connectivity index (χ2n) is 5.92. The lowest BCUT2D eigenvalue weighted by Crippen LogP contribution is -2.34. The van der Waals surface area contributed by atoms with Crippen LogP contribution >= 0.6 is 0 Å². The number of carbonyl (C=O) groups excluding carboxylic acids is 2. The molecule has 0 fully saturated rings. The van der Waals surface area contributed by atoms with E-state index in [2.05, 4.69) is 5.32 Å². The Morgan fingerprint density at radius 1 is 1.48 bits per heavy atom. The van der Waals surface area contributed by atoms with Crippen LogP contribution in [0, 0.1) is 5.41 Å². The molecule has 0 spiro atoms. The van der Waals surface area contributed by atoms with Crippen molar-refractivity contribution in [3.05, 3.63) is 29.3 Å². The second kappa shape index (κ2) is 5.73. The number of hydrogen-bond acceptors (Lipinski definition) is 4. The van der Waals surface area contributed by atoms with Gasteiger partial charge in [0, 0.05) is 11.5 Å². The van der Waals surface area contributed by atoms with Crippen LogP contribution in [0.5, 0.6) is 5.75 Å². The molecule has 114 valence electrons. The number of nitrogens with one attached hydrogen (secondary N) is 1. The number of primary amides is 1. The molecular weight excluding hydrogens is 270 g/mol. The first kappa shape index (κ1) is 15.3. The fraction of sp³-hybridized carbons (Fsp3) is 0.467. The molecule has 0 aliphatic carbocycles. The van der Waals surface area contributed by atoms with Crippen LogP contribution in [0.25, 0.3) is 0 Å². The van der Waals surface area contributed by atoms with Crippen molar-refractivity contribution in [3.8, 4) is 5.75 Å². The van der Waals surface area contributed by atoms with Gasteiger partial charge in [0.1, 0.15) is 12.4 Å². The van der Waals surface area contributed by atoms with E-state index in [9.17, 15) is 9.59 Å². The van der Waals surface area contributed by atoms with Crippen molar-refractivity contribution in [2.24, 2.45) is 16.9 Å². The number of rotatable bonds is 4. The zero-order valence-corrected chi connectivity index (χ0v) is 12.3. The van der Waals surface area contributed by atoms with Crippen LogP contribution in [-0.2, 0) is 4.79 Å². The van der Waals surface area contributed by atoms with Gasteiger partial charge < -0.3 is 21.5 Å². The maximum atomic E-state index is 12.0. The van der Waals surface area contributed by atoms with Gasteiger partial charge in [0.15, 0.2) is 0 Å². The van der Waals surface area contributed by atoms with Crippen LogP contribution in [0.15, 0.2) is 18.2 Å². The van der Waals surface area contributed by atoms with E-state index in [0.29, 0.717) is 30.9 Å². The topological polar surface area (TPSA) is 107 Å². The Labute approximate surface area is 123 Å². The number of fused-ring (bicyclic) bond motifs is 1. The predicted octanol–water partition coefficient (Wildman–Crippen LogP) is 0.710. The molecule has 0 saturated heterocycles. The summed E-state index contributed by atoms with van der Waals surface area (Å²) in [5, 5.41) is 2.75. The van der Waals surface area contributed by atoms with E-state index in [0.717, 1.165) is 5.56 Å². The molecule has 21 heavy (non-hydrogen) atoms. The van der Waals surface area contributed by atoms with Gasteiger partial charge in [0.2, 0.25) is 5.91 Å². The molecule has 6 heteroatoms. The summed E-state index contributed by atoms with van der Waals surface area (Å²) in [5.41, 5.74) is 12.1. The van der Waals surface area contributed by atoms with Crippen LogP contribution in [0.3, 0.4) is 0 Å². The van der Waals surface area contributed by atoms with Crippen molar-refractivity contribution in [3.63, 3.8) is 0 Å². The lowest BCUT2D eigenvalue weighted by Gasteiger charge is -2.25. The quantitative estimate of drug-likeness (QED) is 0.759. The van der Waals surface area contributed by atoms with E-state index in [4.69, 9.17) is 16.2 Å². The summed E-state index contributed by atoms with van der Waals surface area (Å²) in [6.45, 7) is 4.44. The van der Waals surface area contributed by atoms with Crippen LogP contribution in [0.1, 0.15) is 42.2 Å². The second-order valence-corrected chi connectivity index (χ2v) is 5.92. The SMILES string of the molecule is CC(C)(CC(N)c1ccc2c(c1)C(=O)NCCO2)C(N)=O. The number of carbonyl (C=O) groups is 2. The fourth-order valence-electron chi connectivity index (χ4n) is 2.27. The van der Waals surface area contributed by atoms with Crippen molar-refractivity contribution >= 4 is 11.8 Å². The molecule has 2 amide bonds. The zero-order chi connectivity index (χ0) is 15.6. The van der Waals surface area contributed by atoms with Gasteiger partial charge in [-0.2, -0.15) is 0 Å². The number of hydrogen-bond donors (Lipinski definition) is 3. The highest BCUT2D eigenvalue weighted by molar-refractivity contribution is 5.97. The summed E-state index contributed by atoms with van der Waals surface area (Å²) in [6.07, 6.45) is 0.406. The van der Waals surface area contributed by atoms with Crippen molar-refractivity contribution in [2.45, 2.75) is 26.3 Å². The Kier molecular flexibility index (Phi) is 4.18. The summed E-state index contributed by atoms with van der Waals surface area (Å²) in [6, 6.07) is 4.90. The molecule has 1 aliphatic rings. The molecule has 2 rings (SSSR count). The summed E-state index contributed by atoms with van der Waals surface area (Å²) in [4.78, 5) is 23.4.